The monoisotopic (exact) mass is 384 g/mol. The van der Waals surface area contributed by atoms with E-state index in [1.165, 1.54) is 36.4 Å². The summed E-state index contributed by atoms with van der Waals surface area (Å²) < 4.78 is 5.54. The normalized spacial score (nSPS) is 11.2. The second-order valence-electron chi connectivity index (χ2n) is 6.40. The molecule has 0 aliphatic rings. The van der Waals surface area contributed by atoms with Crippen LogP contribution in [0.1, 0.15) is 29.8 Å². The number of nitro benzene ring substituents is 1. The van der Waals surface area contributed by atoms with Gasteiger partial charge in [-0.05, 0) is 41.8 Å². The number of ether oxygens (including phenoxy) is 1. The molecular weight excluding hydrogens is 364 g/mol. The van der Waals surface area contributed by atoms with Gasteiger partial charge in [0.1, 0.15) is 11.4 Å². The molecule has 0 saturated carbocycles. The minimum atomic E-state index is -1.36. The first-order valence-corrected chi connectivity index (χ1v) is 8.50. The number of amides is 1. The number of carboxylic acid groups (broad SMARTS) is 1. The van der Waals surface area contributed by atoms with Crippen LogP contribution in [0, 0.1) is 16.0 Å². The first-order chi connectivity index (χ1) is 13.3. The quantitative estimate of drug-likeness (QED) is 0.408. The third-order valence-corrected chi connectivity index (χ3v) is 3.57. The molecule has 146 valence electrons. The molecule has 8 nitrogen and oxygen atoms in total. The third-order valence-electron chi connectivity index (χ3n) is 3.57. The zero-order valence-electron chi connectivity index (χ0n) is 15.4. The number of carboxylic acids is 1. The predicted octanol–water partition coefficient (Wildman–Crippen LogP) is 3.49. The van der Waals surface area contributed by atoms with Gasteiger partial charge in [0.2, 0.25) is 0 Å². The Morgan fingerprint density at radius 3 is 2.46 bits per heavy atom. The number of carbonyl (C=O) groups is 2. The first-order valence-electron chi connectivity index (χ1n) is 8.50. The van der Waals surface area contributed by atoms with Crippen molar-refractivity contribution in [3.63, 3.8) is 0 Å². The van der Waals surface area contributed by atoms with Crippen molar-refractivity contribution in [2.45, 2.75) is 13.8 Å². The molecule has 0 fully saturated rings. The molecule has 0 aliphatic heterocycles. The van der Waals surface area contributed by atoms with Crippen molar-refractivity contribution in [1.82, 2.24) is 5.32 Å². The molecule has 8 heteroatoms. The molecule has 0 heterocycles. The van der Waals surface area contributed by atoms with E-state index in [1.807, 2.05) is 13.8 Å². The number of carbonyl (C=O) groups excluding carboxylic acids is 1. The molecule has 2 N–H and O–H groups in total. The molecule has 0 aliphatic carbocycles. The fourth-order valence-corrected chi connectivity index (χ4v) is 2.21. The molecular formula is C20H20N2O6. The summed E-state index contributed by atoms with van der Waals surface area (Å²) in [5.74, 6) is -1.01. The van der Waals surface area contributed by atoms with Crippen LogP contribution >= 0.6 is 0 Å². The maximum atomic E-state index is 12.3. The van der Waals surface area contributed by atoms with E-state index in [0.717, 1.165) is 6.08 Å². The number of rotatable bonds is 8. The summed E-state index contributed by atoms with van der Waals surface area (Å²) in [6.07, 6.45) is 1.16. The fraction of sp³-hybridized carbons (Fsp3) is 0.200. The van der Waals surface area contributed by atoms with Crippen LogP contribution in [-0.2, 0) is 4.79 Å². The fourth-order valence-electron chi connectivity index (χ4n) is 2.21. The molecule has 0 atom stereocenters. The van der Waals surface area contributed by atoms with Gasteiger partial charge >= 0.3 is 5.97 Å². The summed E-state index contributed by atoms with van der Waals surface area (Å²) in [4.78, 5) is 34.0. The minimum absolute atomic E-state index is 0.179. The Morgan fingerprint density at radius 1 is 1.21 bits per heavy atom. The van der Waals surface area contributed by atoms with Crippen molar-refractivity contribution in [2.75, 3.05) is 6.61 Å². The van der Waals surface area contributed by atoms with Crippen LogP contribution in [0.4, 0.5) is 5.69 Å². The van der Waals surface area contributed by atoms with Crippen molar-refractivity contribution in [1.29, 1.82) is 0 Å². The Bertz CT molecular complexity index is 903. The number of benzene rings is 2. The van der Waals surface area contributed by atoms with E-state index in [9.17, 15) is 24.8 Å². The van der Waals surface area contributed by atoms with Gasteiger partial charge in [-0.15, -0.1) is 0 Å². The Kier molecular flexibility index (Phi) is 6.86. The highest BCUT2D eigenvalue weighted by atomic mass is 16.6. The van der Waals surface area contributed by atoms with Gasteiger partial charge in [-0.25, -0.2) is 4.79 Å². The van der Waals surface area contributed by atoms with Gasteiger partial charge in [0.15, 0.2) is 0 Å². The molecule has 2 aromatic rings. The van der Waals surface area contributed by atoms with Crippen LogP contribution in [-0.4, -0.2) is 28.5 Å². The van der Waals surface area contributed by atoms with Gasteiger partial charge in [0.05, 0.1) is 11.5 Å². The largest absolute Gasteiger partial charge is 0.493 e. The summed E-state index contributed by atoms with van der Waals surface area (Å²) in [7, 11) is 0. The van der Waals surface area contributed by atoms with Gasteiger partial charge in [0, 0.05) is 17.7 Å². The van der Waals surface area contributed by atoms with Gasteiger partial charge in [-0.2, -0.15) is 0 Å². The zero-order chi connectivity index (χ0) is 20.7. The molecule has 2 aromatic carbocycles. The van der Waals surface area contributed by atoms with E-state index in [-0.39, 0.29) is 16.8 Å². The summed E-state index contributed by atoms with van der Waals surface area (Å²) in [5, 5.41) is 22.5. The number of hydrogen-bond donors (Lipinski definition) is 2. The average molecular weight is 384 g/mol. The summed E-state index contributed by atoms with van der Waals surface area (Å²) in [5.41, 5.74) is -0.0418. The Balaban J connectivity index is 2.15. The van der Waals surface area contributed by atoms with Crippen LogP contribution in [0.5, 0.6) is 5.75 Å². The van der Waals surface area contributed by atoms with Crippen LogP contribution in [0.2, 0.25) is 0 Å². The van der Waals surface area contributed by atoms with Crippen molar-refractivity contribution in [3.05, 3.63) is 75.5 Å². The van der Waals surface area contributed by atoms with E-state index in [1.54, 1.807) is 12.1 Å². The Hall–Kier alpha value is -3.68. The average Bonchev–Trinajstić information content (AvgIpc) is 2.66. The van der Waals surface area contributed by atoms with Crippen molar-refractivity contribution in [3.8, 4) is 5.75 Å². The molecule has 2 rings (SSSR count). The summed E-state index contributed by atoms with van der Waals surface area (Å²) in [6.45, 7) is 4.58. The zero-order valence-corrected chi connectivity index (χ0v) is 15.4. The number of hydrogen-bond acceptors (Lipinski definition) is 5. The van der Waals surface area contributed by atoms with Crippen LogP contribution < -0.4 is 10.1 Å². The van der Waals surface area contributed by atoms with E-state index in [4.69, 9.17) is 4.74 Å². The van der Waals surface area contributed by atoms with Crippen LogP contribution in [0.3, 0.4) is 0 Å². The van der Waals surface area contributed by atoms with Gasteiger partial charge < -0.3 is 15.2 Å². The topological polar surface area (TPSA) is 119 Å². The van der Waals surface area contributed by atoms with Crippen molar-refractivity contribution >= 4 is 23.6 Å². The number of nitrogens with zero attached hydrogens (tertiary/aromatic N) is 1. The first kappa shape index (κ1) is 20.6. The van der Waals surface area contributed by atoms with Crippen molar-refractivity contribution in [2.24, 2.45) is 5.92 Å². The Labute approximate surface area is 161 Å². The number of nitro groups is 1. The molecule has 1 amide bonds. The van der Waals surface area contributed by atoms with E-state index in [0.29, 0.717) is 18.3 Å². The molecule has 0 spiro atoms. The predicted molar refractivity (Wildman–Crippen MR) is 103 cm³/mol. The van der Waals surface area contributed by atoms with Crippen LogP contribution in [0.25, 0.3) is 6.08 Å². The second-order valence-corrected chi connectivity index (χ2v) is 6.40. The van der Waals surface area contributed by atoms with Crippen molar-refractivity contribution < 1.29 is 24.4 Å². The van der Waals surface area contributed by atoms with E-state index >= 15 is 0 Å². The highest BCUT2D eigenvalue weighted by Crippen LogP contribution is 2.16. The highest BCUT2D eigenvalue weighted by molar-refractivity contribution is 6.02. The molecule has 28 heavy (non-hydrogen) atoms. The standard InChI is InChI=1S/C20H20N2O6/c1-13(2)12-28-17-8-6-15(7-9-17)19(23)21-18(20(24)25)11-14-4-3-5-16(10-14)22(26)27/h3-11,13H,12H2,1-2H3,(H,21,23)(H,24,25). The van der Waals surface area contributed by atoms with Gasteiger partial charge in [-0.3, -0.25) is 14.9 Å². The molecule has 0 unspecified atom stereocenters. The van der Waals surface area contributed by atoms with E-state index < -0.39 is 22.5 Å². The molecule has 0 radical (unpaired) electrons. The van der Waals surface area contributed by atoms with Gasteiger partial charge in [0.25, 0.3) is 11.6 Å². The second kappa shape index (κ2) is 9.31. The summed E-state index contributed by atoms with van der Waals surface area (Å²) >= 11 is 0. The lowest BCUT2D eigenvalue weighted by Crippen LogP contribution is -2.27. The SMILES string of the molecule is CC(C)COc1ccc(C(=O)NC(=Cc2cccc([N+](=O)[O-])c2)C(=O)O)cc1. The van der Waals surface area contributed by atoms with Crippen LogP contribution in [0.15, 0.2) is 54.2 Å². The lowest BCUT2D eigenvalue weighted by atomic mass is 10.1. The Morgan fingerprint density at radius 2 is 1.89 bits per heavy atom. The number of nitrogens with one attached hydrogen (secondary N) is 1. The molecule has 0 aromatic heterocycles. The maximum absolute atomic E-state index is 12.3. The third kappa shape index (κ3) is 5.94. The molecule has 0 saturated heterocycles. The van der Waals surface area contributed by atoms with E-state index in [2.05, 4.69) is 5.32 Å². The highest BCUT2D eigenvalue weighted by Gasteiger charge is 2.14. The number of aliphatic carboxylic acids is 1. The lowest BCUT2D eigenvalue weighted by Gasteiger charge is -2.10. The lowest BCUT2D eigenvalue weighted by molar-refractivity contribution is -0.384. The number of non-ortho nitro benzene ring substituents is 1. The maximum Gasteiger partial charge on any atom is 0.352 e. The van der Waals surface area contributed by atoms with Gasteiger partial charge in [-0.1, -0.05) is 26.0 Å². The summed E-state index contributed by atoms with van der Waals surface area (Å²) in [6, 6.07) is 11.7. The smallest absolute Gasteiger partial charge is 0.352 e. The minimum Gasteiger partial charge on any atom is -0.493 e. The molecule has 0 bridgehead atoms.